The molecule has 0 atom stereocenters. The minimum Gasteiger partial charge on any atom is -0.287 e. The lowest BCUT2D eigenvalue weighted by molar-refractivity contribution is -0.123. The smallest absolute Gasteiger partial charge is 0.251 e. The van der Waals surface area contributed by atoms with E-state index < -0.39 is 0 Å². The van der Waals surface area contributed by atoms with E-state index in [1.54, 1.807) is 6.20 Å². The highest BCUT2D eigenvalue weighted by molar-refractivity contribution is 8.23. The fourth-order valence-corrected chi connectivity index (χ4v) is 2.23. The van der Waals surface area contributed by atoms with Crippen molar-refractivity contribution in [3.63, 3.8) is 0 Å². The third kappa shape index (κ3) is 2.07. The van der Waals surface area contributed by atoms with Crippen LogP contribution < -0.4 is 0 Å². The molecule has 2 rings (SSSR count). The van der Waals surface area contributed by atoms with Gasteiger partial charge >= 0.3 is 0 Å². The number of rotatable bonds is 2. The zero-order valence-corrected chi connectivity index (χ0v) is 9.25. The van der Waals surface area contributed by atoms with E-state index in [2.05, 4.69) is 4.98 Å². The summed E-state index contributed by atoms with van der Waals surface area (Å²) >= 11 is 6.24. The molecule has 1 aliphatic rings. The van der Waals surface area contributed by atoms with Crippen LogP contribution in [0.1, 0.15) is 4.79 Å². The van der Waals surface area contributed by atoms with Crippen LogP contribution in [0.2, 0.25) is 0 Å². The molecule has 1 fully saturated rings. The van der Waals surface area contributed by atoms with E-state index in [0.717, 1.165) is 0 Å². The van der Waals surface area contributed by atoms with Crippen molar-refractivity contribution in [2.24, 2.45) is 0 Å². The summed E-state index contributed by atoms with van der Waals surface area (Å²) in [4.78, 5) is 28.0. The summed E-state index contributed by atoms with van der Waals surface area (Å²) in [5, 5.41) is 0. The average Bonchev–Trinajstić information content (AvgIpc) is 2.82. The third-order valence-corrected chi connectivity index (χ3v) is 3.36. The van der Waals surface area contributed by atoms with Crippen LogP contribution in [-0.4, -0.2) is 42.9 Å². The van der Waals surface area contributed by atoms with Crippen molar-refractivity contribution >= 4 is 40.1 Å². The molecule has 1 amide bonds. The molecule has 1 saturated heterocycles. The highest BCUT2D eigenvalue weighted by Gasteiger charge is 2.28. The van der Waals surface area contributed by atoms with E-state index in [9.17, 15) is 9.59 Å². The maximum absolute atomic E-state index is 11.6. The van der Waals surface area contributed by atoms with Gasteiger partial charge < -0.3 is 0 Å². The van der Waals surface area contributed by atoms with Crippen LogP contribution in [0.25, 0.3) is 0 Å². The number of aromatic nitrogens is 2. The number of thiocarbonyl (C=S) groups is 1. The fourth-order valence-electron chi connectivity index (χ4n) is 1.16. The fraction of sp³-hybridized carbons (Fsp3) is 0.250. The molecule has 0 spiro atoms. The minimum absolute atomic E-state index is 0.0129. The van der Waals surface area contributed by atoms with Gasteiger partial charge in [0, 0.05) is 12.4 Å². The Labute approximate surface area is 95.5 Å². The second-order valence-electron chi connectivity index (χ2n) is 2.90. The van der Waals surface area contributed by atoms with Gasteiger partial charge in [-0.1, -0.05) is 24.0 Å². The van der Waals surface area contributed by atoms with Crippen LogP contribution >= 0.6 is 24.0 Å². The molecular formula is C8H7N3O2S2. The summed E-state index contributed by atoms with van der Waals surface area (Å²) in [6.07, 6.45) is 4.45. The van der Waals surface area contributed by atoms with Gasteiger partial charge in [0.05, 0.1) is 5.75 Å². The molecule has 1 aromatic rings. The predicted molar refractivity (Wildman–Crippen MR) is 59.6 cm³/mol. The Hall–Kier alpha value is -1.21. The van der Waals surface area contributed by atoms with Crippen molar-refractivity contribution in [3.05, 3.63) is 18.7 Å². The lowest BCUT2D eigenvalue weighted by atomic mass is 10.5. The summed E-state index contributed by atoms with van der Waals surface area (Å²) in [6, 6.07) is 0. The molecule has 0 unspecified atom stereocenters. The number of carbonyl (C=O) groups excluding carboxylic acids is 2. The Morgan fingerprint density at radius 1 is 1.67 bits per heavy atom. The van der Waals surface area contributed by atoms with Gasteiger partial charge in [-0.25, -0.2) is 4.98 Å². The van der Waals surface area contributed by atoms with Gasteiger partial charge in [0.2, 0.25) is 5.91 Å². The van der Waals surface area contributed by atoms with Crippen molar-refractivity contribution in [1.82, 2.24) is 14.5 Å². The first kappa shape index (κ1) is 10.3. The molecule has 15 heavy (non-hydrogen) atoms. The van der Waals surface area contributed by atoms with Crippen LogP contribution in [0.5, 0.6) is 0 Å². The Balaban J connectivity index is 2.06. The van der Waals surface area contributed by atoms with E-state index in [1.807, 2.05) is 0 Å². The Morgan fingerprint density at radius 2 is 2.47 bits per heavy atom. The largest absolute Gasteiger partial charge is 0.287 e. The van der Waals surface area contributed by atoms with Gasteiger partial charge in [-0.3, -0.25) is 19.1 Å². The first-order valence-corrected chi connectivity index (χ1v) is 5.56. The molecule has 0 aliphatic carbocycles. The summed E-state index contributed by atoms with van der Waals surface area (Å²) in [7, 11) is 0. The molecule has 7 heteroatoms. The molecule has 2 heterocycles. The predicted octanol–water partition coefficient (Wildman–Crippen LogP) is 0.384. The maximum atomic E-state index is 11.6. The van der Waals surface area contributed by atoms with Gasteiger partial charge in [-0.05, 0) is 0 Å². The molecular weight excluding hydrogens is 234 g/mol. The van der Waals surface area contributed by atoms with Crippen LogP contribution in [0.3, 0.4) is 0 Å². The molecule has 1 aliphatic heterocycles. The van der Waals surface area contributed by atoms with Crippen LogP contribution in [0.4, 0.5) is 0 Å². The zero-order chi connectivity index (χ0) is 10.8. The summed E-state index contributed by atoms with van der Waals surface area (Å²) in [5.74, 6) is -0.0000699. The quantitative estimate of drug-likeness (QED) is 0.701. The second kappa shape index (κ2) is 4.11. The average molecular weight is 241 g/mol. The van der Waals surface area contributed by atoms with Gasteiger partial charge in [-0.2, -0.15) is 0 Å². The van der Waals surface area contributed by atoms with Crippen molar-refractivity contribution in [3.8, 4) is 0 Å². The highest BCUT2D eigenvalue weighted by atomic mass is 32.2. The lowest BCUT2D eigenvalue weighted by Gasteiger charge is -2.13. The van der Waals surface area contributed by atoms with E-state index in [-0.39, 0.29) is 18.4 Å². The first-order valence-electron chi connectivity index (χ1n) is 4.17. The van der Waals surface area contributed by atoms with E-state index in [4.69, 9.17) is 12.2 Å². The molecule has 0 N–H and O–H groups in total. The van der Waals surface area contributed by atoms with Crippen LogP contribution in [0.15, 0.2) is 18.7 Å². The Kier molecular flexibility index (Phi) is 2.83. The SMILES string of the molecule is O=C1CSC(=S)N1CC(=O)n1ccnc1. The number of imidazole rings is 1. The third-order valence-electron chi connectivity index (χ3n) is 1.93. The highest BCUT2D eigenvalue weighted by Crippen LogP contribution is 2.18. The van der Waals surface area contributed by atoms with Gasteiger partial charge in [0.25, 0.3) is 5.91 Å². The van der Waals surface area contributed by atoms with Crippen molar-refractivity contribution in [2.75, 3.05) is 12.3 Å². The molecule has 0 radical (unpaired) electrons. The molecule has 5 nitrogen and oxygen atoms in total. The number of hydrogen-bond donors (Lipinski definition) is 0. The van der Waals surface area contributed by atoms with Crippen molar-refractivity contribution in [1.29, 1.82) is 0 Å². The molecule has 1 aromatic heterocycles. The summed E-state index contributed by atoms with van der Waals surface area (Å²) in [6.45, 7) is -0.0129. The van der Waals surface area contributed by atoms with E-state index >= 15 is 0 Å². The Bertz CT molecular complexity index is 400. The topological polar surface area (TPSA) is 55.2 Å². The van der Waals surface area contributed by atoms with E-state index in [1.165, 1.54) is 33.8 Å². The monoisotopic (exact) mass is 241 g/mol. The number of nitrogens with zero attached hydrogens (tertiary/aromatic N) is 3. The van der Waals surface area contributed by atoms with E-state index in [0.29, 0.717) is 10.1 Å². The zero-order valence-electron chi connectivity index (χ0n) is 7.62. The second-order valence-corrected chi connectivity index (χ2v) is 4.51. The van der Waals surface area contributed by atoms with Gasteiger partial charge in [0.15, 0.2) is 0 Å². The normalized spacial score (nSPS) is 16.1. The molecule has 0 bridgehead atoms. The summed E-state index contributed by atoms with van der Waals surface area (Å²) < 4.78 is 1.80. The molecule has 0 saturated carbocycles. The Morgan fingerprint density at radius 3 is 3.00 bits per heavy atom. The lowest BCUT2D eigenvalue weighted by Crippen LogP contribution is -2.35. The number of thioether (sulfide) groups is 1. The number of carbonyl (C=O) groups is 2. The van der Waals surface area contributed by atoms with Gasteiger partial charge in [-0.15, -0.1) is 0 Å². The van der Waals surface area contributed by atoms with Crippen molar-refractivity contribution < 1.29 is 9.59 Å². The van der Waals surface area contributed by atoms with Crippen molar-refractivity contribution in [2.45, 2.75) is 0 Å². The molecule has 0 aromatic carbocycles. The van der Waals surface area contributed by atoms with Crippen LogP contribution in [-0.2, 0) is 4.79 Å². The molecule has 78 valence electrons. The van der Waals surface area contributed by atoms with Crippen LogP contribution in [0, 0.1) is 0 Å². The van der Waals surface area contributed by atoms with Gasteiger partial charge in [0.1, 0.15) is 17.2 Å². The first-order chi connectivity index (χ1) is 7.18. The number of amides is 1. The number of hydrogen-bond acceptors (Lipinski definition) is 5. The maximum Gasteiger partial charge on any atom is 0.251 e. The summed E-state index contributed by atoms with van der Waals surface area (Å²) in [5.41, 5.74) is 0. The minimum atomic E-state index is -0.217. The standard InChI is InChI=1S/C8H7N3O2S2/c12-6(10-2-1-9-5-10)3-11-7(13)4-15-8(11)14/h1-2,5H,3-4H2.